The van der Waals surface area contributed by atoms with E-state index in [1.54, 1.807) is 30.2 Å². The summed E-state index contributed by atoms with van der Waals surface area (Å²) < 4.78 is 5.30. The molecule has 0 aliphatic rings. The number of ether oxygens (including phenoxy) is 1. The van der Waals surface area contributed by atoms with Crippen LogP contribution >= 0.6 is 11.6 Å². The van der Waals surface area contributed by atoms with Gasteiger partial charge in [0.2, 0.25) is 11.8 Å². The highest BCUT2D eigenvalue weighted by Gasteiger charge is 2.15. The summed E-state index contributed by atoms with van der Waals surface area (Å²) in [4.78, 5) is 25.6. The average Bonchev–Trinajstić information content (AvgIpc) is 2.60. The van der Waals surface area contributed by atoms with Gasteiger partial charge in [-0.1, -0.05) is 35.9 Å². The number of anilines is 1. The second-order valence-corrected chi connectivity index (χ2v) is 5.93. The van der Waals surface area contributed by atoms with Gasteiger partial charge < -0.3 is 15.0 Å². The molecule has 2 amide bonds. The van der Waals surface area contributed by atoms with E-state index in [4.69, 9.17) is 16.3 Å². The average molecular weight is 361 g/mol. The molecule has 0 fully saturated rings. The number of nitrogens with zero attached hydrogens (tertiary/aromatic N) is 1. The molecule has 0 radical (unpaired) electrons. The second-order valence-electron chi connectivity index (χ2n) is 5.50. The van der Waals surface area contributed by atoms with E-state index < -0.39 is 0 Å². The molecule has 1 N–H and O–H groups in total. The van der Waals surface area contributed by atoms with Crippen molar-refractivity contribution >= 4 is 29.1 Å². The molecule has 0 spiro atoms. The van der Waals surface area contributed by atoms with Gasteiger partial charge in [0.15, 0.2) is 0 Å². The molecule has 6 heteroatoms. The molecule has 2 rings (SSSR count). The van der Waals surface area contributed by atoms with Crippen LogP contribution in [0, 0.1) is 0 Å². The predicted molar refractivity (Wildman–Crippen MR) is 99.2 cm³/mol. The molecule has 0 aliphatic heterocycles. The van der Waals surface area contributed by atoms with E-state index in [2.05, 4.69) is 5.32 Å². The van der Waals surface area contributed by atoms with Gasteiger partial charge in [-0.2, -0.15) is 0 Å². The number of rotatable bonds is 7. The third kappa shape index (κ3) is 5.50. The smallest absolute Gasteiger partial charge is 0.224 e. The summed E-state index contributed by atoms with van der Waals surface area (Å²) in [5.74, 6) is 0.396. The number of methoxy groups -OCH3 is 1. The number of hydrogen-bond donors (Lipinski definition) is 1. The molecule has 2 aromatic rings. The van der Waals surface area contributed by atoms with Crippen LogP contribution in [-0.4, -0.2) is 32.0 Å². The first-order chi connectivity index (χ1) is 12.0. The fraction of sp³-hybridized carbons (Fsp3) is 0.263. The fourth-order valence-electron chi connectivity index (χ4n) is 2.46. The lowest BCUT2D eigenvalue weighted by Gasteiger charge is -2.23. The van der Waals surface area contributed by atoms with Gasteiger partial charge in [0.05, 0.1) is 19.2 Å². The Morgan fingerprint density at radius 3 is 2.44 bits per heavy atom. The van der Waals surface area contributed by atoms with Gasteiger partial charge in [-0.25, -0.2) is 0 Å². The minimum absolute atomic E-state index is 0.106. The van der Waals surface area contributed by atoms with E-state index in [1.807, 2.05) is 30.3 Å². The molecule has 0 unspecified atom stereocenters. The molecule has 0 atom stereocenters. The summed E-state index contributed by atoms with van der Waals surface area (Å²) in [6, 6.07) is 14.4. The van der Waals surface area contributed by atoms with Crippen LogP contribution in [0.25, 0.3) is 0 Å². The minimum atomic E-state index is -0.114. The maximum absolute atomic E-state index is 12.0. The van der Waals surface area contributed by atoms with Crippen molar-refractivity contribution in [2.24, 2.45) is 0 Å². The van der Waals surface area contributed by atoms with Crippen LogP contribution in [0.15, 0.2) is 48.5 Å². The third-order valence-corrected chi connectivity index (χ3v) is 3.94. The van der Waals surface area contributed by atoms with Gasteiger partial charge in [0, 0.05) is 25.0 Å². The second kappa shape index (κ2) is 9.08. The highest BCUT2D eigenvalue weighted by molar-refractivity contribution is 6.30. The van der Waals surface area contributed by atoms with E-state index in [0.29, 0.717) is 29.5 Å². The number of hydrogen-bond acceptors (Lipinski definition) is 3. The molecule has 5 nitrogen and oxygen atoms in total. The standard InChI is InChI=1S/C19H21ClN2O3/c1-14(23)22(17-5-3-4-6-18(17)25-2)12-11-21-19(24)13-15-7-9-16(20)10-8-15/h3-10H,11-13H2,1-2H3,(H,21,24). The first-order valence-electron chi connectivity index (χ1n) is 7.93. The number of amides is 2. The molecule has 0 saturated carbocycles. The van der Waals surface area contributed by atoms with Crippen molar-refractivity contribution in [1.29, 1.82) is 0 Å². The van der Waals surface area contributed by atoms with Crippen molar-refractivity contribution in [3.63, 3.8) is 0 Å². The van der Waals surface area contributed by atoms with Crippen LogP contribution in [-0.2, 0) is 16.0 Å². The molecule has 0 heterocycles. The summed E-state index contributed by atoms with van der Waals surface area (Å²) >= 11 is 5.83. The van der Waals surface area contributed by atoms with Crippen molar-refractivity contribution in [1.82, 2.24) is 5.32 Å². The molecule has 25 heavy (non-hydrogen) atoms. The number of nitrogens with one attached hydrogen (secondary N) is 1. The summed E-state index contributed by atoms with van der Waals surface area (Å²) in [6.07, 6.45) is 0.270. The summed E-state index contributed by atoms with van der Waals surface area (Å²) in [5, 5.41) is 3.47. The van der Waals surface area contributed by atoms with Crippen molar-refractivity contribution in [2.45, 2.75) is 13.3 Å². The van der Waals surface area contributed by atoms with E-state index in [0.717, 1.165) is 5.56 Å². The van der Waals surface area contributed by atoms with E-state index in [9.17, 15) is 9.59 Å². The van der Waals surface area contributed by atoms with Gasteiger partial charge in [-0.15, -0.1) is 0 Å². The fourth-order valence-corrected chi connectivity index (χ4v) is 2.58. The lowest BCUT2D eigenvalue weighted by Crippen LogP contribution is -2.38. The Labute approximate surface area is 152 Å². The van der Waals surface area contributed by atoms with Crippen molar-refractivity contribution in [3.8, 4) is 5.75 Å². The normalized spacial score (nSPS) is 10.2. The summed E-state index contributed by atoms with van der Waals surface area (Å²) in [6.45, 7) is 2.20. The number of carbonyl (C=O) groups is 2. The number of carbonyl (C=O) groups excluding carboxylic acids is 2. The number of halogens is 1. The first-order valence-corrected chi connectivity index (χ1v) is 8.31. The van der Waals surface area contributed by atoms with Gasteiger partial charge >= 0.3 is 0 Å². The number of para-hydroxylation sites is 2. The van der Waals surface area contributed by atoms with E-state index >= 15 is 0 Å². The maximum atomic E-state index is 12.0. The zero-order valence-corrected chi connectivity index (χ0v) is 15.0. The summed E-state index contributed by atoms with van der Waals surface area (Å²) in [7, 11) is 1.56. The van der Waals surface area contributed by atoms with Crippen LogP contribution in [0.5, 0.6) is 5.75 Å². The van der Waals surface area contributed by atoms with Crippen LogP contribution in [0.3, 0.4) is 0 Å². The predicted octanol–water partition coefficient (Wildman–Crippen LogP) is 3.06. The van der Waals surface area contributed by atoms with Crippen LogP contribution in [0.4, 0.5) is 5.69 Å². The highest BCUT2D eigenvalue weighted by atomic mass is 35.5. The first kappa shape index (κ1) is 18.8. The minimum Gasteiger partial charge on any atom is -0.495 e. The van der Waals surface area contributed by atoms with Gasteiger partial charge in [0.25, 0.3) is 0 Å². The maximum Gasteiger partial charge on any atom is 0.224 e. The highest BCUT2D eigenvalue weighted by Crippen LogP contribution is 2.27. The van der Waals surface area contributed by atoms with Crippen molar-refractivity contribution in [2.75, 3.05) is 25.1 Å². The zero-order chi connectivity index (χ0) is 18.2. The Kier molecular flexibility index (Phi) is 6.83. The van der Waals surface area contributed by atoms with Crippen LogP contribution in [0.2, 0.25) is 5.02 Å². The Balaban J connectivity index is 1.92. The van der Waals surface area contributed by atoms with Crippen LogP contribution in [0.1, 0.15) is 12.5 Å². The monoisotopic (exact) mass is 360 g/mol. The summed E-state index contributed by atoms with van der Waals surface area (Å²) in [5.41, 5.74) is 1.57. The van der Waals surface area contributed by atoms with E-state index in [1.165, 1.54) is 6.92 Å². The lowest BCUT2D eigenvalue weighted by atomic mass is 10.1. The largest absolute Gasteiger partial charge is 0.495 e. The molecule has 132 valence electrons. The lowest BCUT2D eigenvalue weighted by molar-refractivity contribution is -0.121. The molecule has 0 bridgehead atoms. The molecular weight excluding hydrogens is 340 g/mol. The van der Waals surface area contributed by atoms with Crippen molar-refractivity contribution < 1.29 is 14.3 Å². The molecule has 0 aliphatic carbocycles. The SMILES string of the molecule is COc1ccccc1N(CCNC(=O)Cc1ccc(Cl)cc1)C(C)=O. The Morgan fingerprint density at radius 2 is 1.80 bits per heavy atom. The third-order valence-electron chi connectivity index (χ3n) is 3.69. The Morgan fingerprint density at radius 1 is 1.12 bits per heavy atom. The van der Waals surface area contributed by atoms with Crippen LogP contribution < -0.4 is 15.0 Å². The van der Waals surface area contributed by atoms with Gasteiger partial charge in [-0.3, -0.25) is 9.59 Å². The number of benzene rings is 2. The zero-order valence-electron chi connectivity index (χ0n) is 14.3. The molecule has 0 saturated heterocycles. The molecular formula is C19H21ClN2O3. The molecule has 0 aromatic heterocycles. The van der Waals surface area contributed by atoms with Gasteiger partial charge in [0.1, 0.15) is 5.75 Å². The van der Waals surface area contributed by atoms with Crippen molar-refractivity contribution in [3.05, 3.63) is 59.1 Å². The quantitative estimate of drug-likeness (QED) is 0.825. The topological polar surface area (TPSA) is 58.6 Å². The Hall–Kier alpha value is -2.53. The van der Waals surface area contributed by atoms with Gasteiger partial charge in [-0.05, 0) is 29.8 Å². The molecule has 2 aromatic carbocycles. The van der Waals surface area contributed by atoms with E-state index in [-0.39, 0.29) is 18.2 Å². The Bertz CT molecular complexity index is 732.